The lowest BCUT2D eigenvalue weighted by Gasteiger charge is -2.24. The lowest BCUT2D eigenvalue weighted by atomic mass is 9.75. The Morgan fingerprint density at radius 1 is 1.53 bits per heavy atom. The van der Waals surface area contributed by atoms with E-state index in [2.05, 4.69) is 0 Å². The molecule has 2 amide bonds. The highest BCUT2D eigenvalue weighted by Gasteiger charge is 2.55. The van der Waals surface area contributed by atoms with Gasteiger partial charge in [0, 0.05) is 0 Å². The van der Waals surface area contributed by atoms with Crippen molar-refractivity contribution in [2.24, 2.45) is 11.3 Å². The highest BCUT2D eigenvalue weighted by atomic mass is 16.6. The van der Waals surface area contributed by atoms with Crippen molar-refractivity contribution in [3.8, 4) is 0 Å². The first-order valence-electron chi connectivity index (χ1n) is 5.87. The Bertz CT molecular complexity index is 461. The van der Waals surface area contributed by atoms with E-state index in [-0.39, 0.29) is 23.8 Å². The number of hydrogen-bond acceptors (Lipinski definition) is 3. The van der Waals surface area contributed by atoms with Gasteiger partial charge in [-0.05, 0) is 13.8 Å². The van der Waals surface area contributed by atoms with Crippen LogP contribution in [0.1, 0.15) is 13.8 Å². The molecule has 2 fully saturated rings. The van der Waals surface area contributed by atoms with Crippen LogP contribution in [0.2, 0.25) is 0 Å². The topological polar surface area (TPSA) is 49.9 Å². The summed E-state index contributed by atoms with van der Waals surface area (Å²) in [4.78, 5) is 25.9. The molecular formula is C13H15NO3. The maximum absolute atomic E-state index is 12.3. The molecule has 3 unspecified atom stereocenters. The summed E-state index contributed by atoms with van der Waals surface area (Å²) in [5.41, 5.74) is 0.351. The zero-order valence-electron chi connectivity index (χ0n) is 9.97. The first-order chi connectivity index (χ1) is 8.02. The molecule has 3 rings (SSSR count). The maximum Gasteiger partial charge on any atom is 0.240 e. The summed E-state index contributed by atoms with van der Waals surface area (Å²) < 4.78 is 5.09. The average molecular weight is 233 g/mol. The van der Waals surface area contributed by atoms with Crippen molar-refractivity contribution in [1.29, 1.82) is 0 Å². The van der Waals surface area contributed by atoms with E-state index in [4.69, 9.17) is 4.74 Å². The second-order valence-corrected chi connectivity index (χ2v) is 5.21. The third-order valence-electron chi connectivity index (χ3n) is 3.79. The van der Waals surface area contributed by atoms with Gasteiger partial charge < -0.3 is 4.74 Å². The molecule has 3 aliphatic rings. The molecular weight excluding hydrogens is 218 g/mol. The molecule has 1 aliphatic carbocycles. The molecule has 90 valence electrons. The Hall–Kier alpha value is -1.42. The number of likely N-dealkylation sites (tertiary alicyclic amines) is 1. The molecule has 0 radical (unpaired) electrons. The zero-order valence-corrected chi connectivity index (χ0v) is 9.97. The molecule has 0 saturated carbocycles. The van der Waals surface area contributed by atoms with Gasteiger partial charge in [-0.3, -0.25) is 14.5 Å². The highest BCUT2D eigenvalue weighted by Crippen LogP contribution is 2.43. The smallest absolute Gasteiger partial charge is 0.240 e. The largest absolute Gasteiger partial charge is 0.371 e. The normalized spacial score (nSPS) is 39.4. The minimum absolute atomic E-state index is 0.0562. The van der Waals surface area contributed by atoms with E-state index in [1.165, 1.54) is 4.90 Å². The van der Waals surface area contributed by atoms with Gasteiger partial charge in [0.15, 0.2) is 0 Å². The van der Waals surface area contributed by atoms with Crippen LogP contribution in [0.5, 0.6) is 0 Å². The number of carbonyl (C=O) groups excluding carboxylic acids is 2. The average Bonchev–Trinajstić information content (AvgIpc) is 3.08. The van der Waals surface area contributed by atoms with Crippen molar-refractivity contribution in [3.05, 3.63) is 23.8 Å². The number of imide groups is 1. The maximum atomic E-state index is 12.3. The molecule has 2 heterocycles. The molecule has 0 spiro atoms. The number of amides is 2. The number of ether oxygens (including phenoxy) is 1. The minimum atomic E-state index is -0.689. The van der Waals surface area contributed by atoms with E-state index in [9.17, 15) is 9.59 Å². The first-order valence-corrected chi connectivity index (χ1v) is 5.87. The number of rotatable bonds is 2. The fourth-order valence-electron chi connectivity index (χ4n) is 2.54. The van der Waals surface area contributed by atoms with Gasteiger partial charge in [-0.1, -0.05) is 23.8 Å². The summed E-state index contributed by atoms with van der Waals surface area (Å²) in [7, 11) is 0. The van der Waals surface area contributed by atoms with Gasteiger partial charge in [0.05, 0.1) is 30.6 Å². The van der Waals surface area contributed by atoms with Crippen molar-refractivity contribution in [1.82, 2.24) is 4.90 Å². The van der Waals surface area contributed by atoms with Crippen LogP contribution in [-0.4, -0.2) is 36.0 Å². The van der Waals surface area contributed by atoms with Crippen LogP contribution in [-0.2, 0) is 14.3 Å². The van der Waals surface area contributed by atoms with Crippen LogP contribution in [0.3, 0.4) is 0 Å². The van der Waals surface area contributed by atoms with E-state index in [1.807, 2.05) is 32.1 Å². The van der Waals surface area contributed by atoms with Crippen LogP contribution >= 0.6 is 0 Å². The number of allylic oxidation sites excluding steroid dienone is 2. The van der Waals surface area contributed by atoms with E-state index in [0.717, 1.165) is 5.57 Å². The third kappa shape index (κ3) is 1.47. The Balaban J connectivity index is 1.94. The molecule has 0 N–H and O–H groups in total. The highest BCUT2D eigenvalue weighted by molar-refractivity contribution is 6.09. The van der Waals surface area contributed by atoms with Gasteiger partial charge >= 0.3 is 0 Å². The molecule has 3 atom stereocenters. The number of carbonyl (C=O) groups is 2. The molecule has 0 aromatic carbocycles. The Labute approximate surface area is 99.9 Å². The number of hydrogen-bond donors (Lipinski definition) is 0. The summed E-state index contributed by atoms with van der Waals surface area (Å²) in [5.74, 6) is -0.515. The van der Waals surface area contributed by atoms with Crippen molar-refractivity contribution >= 4 is 11.8 Å². The lowest BCUT2D eigenvalue weighted by Crippen LogP contribution is -2.36. The van der Waals surface area contributed by atoms with Crippen LogP contribution < -0.4 is 0 Å². The van der Waals surface area contributed by atoms with Gasteiger partial charge in [-0.15, -0.1) is 0 Å². The Morgan fingerprint density at radius 3 is 2.88 bits per heavy atom. The molecule has 0 aromatic heterocycles. The van der Waals surface area contributed by atoms with E-state index in [1.54, 1.807) is 0 Å². The molecule has 2 saturated heterocycles. The van der Waals surface area contributed by atoms with Gasteiger partial charge in [0.25, 0.3) is 0 Å². The predicted molar refractivity (Wildman–Crippen MR) is 61.0 cm³/mol. The fourth-order valence-corrected chi connectivity index (χ4v) is 2.54. The van der Waals surface area contributed by atoms with Crippen LogP contribution in [0.4, 0.5) is 0 Å². The van der Waals surface area contributed by atoms with E-state index in [0.29, 0.717) is 13.2 Å². The zero-order chi connectivity index (χ0) is 12.2. The van der Waals surface area contributed by atoms with E-state index >= 15 is 0 Å². The van der Waals surface area contributed by atoms with E-state index < -0.39 is 5.41 Å². The standard InChI is InChI=1S/C13H15NO3/c1-8-3-4-13(2)10(5-8)11(15)14(12(13)16)6-9-7-17-9/h3-5,9-10H,6-7H2,1-2H3. The van der Waals surface area contributed by atoms with Crippen molar-refractivity contribution in [2.45, 2.75) is 20.0 Å². The molecule has 2 aliphatic heterocycles. The number of fused-ring (bicyclic) bond motifs is 1. The number of epoxide rings is 1. The fraction of sp³-hybridized carbons (Fsp3) is 0.538. The Morgan fingerprint density at radius 2 is 2.24 bits per heavy atom. The van der Waals surface area contributed by atoms with Gasteiger partial charge in [0.1, 0.15) is 0 Å². The summed E-state index contributed by atoms with van der Waals surface area (Å²) in [6.45, 7) is 4.85. The second kappa shape index (κ2) is 3.29. The first kappa shape index (κ1) is 10.7. The molecule has 0 bridgehead atoms. The summed E-state index contributed by atoms with van der Waals surface area (Å²) >= 11 is 0. The van der Waals surface area contributed by atoms with Crippen molar-refractivity contribution in [2.75, 3.05) is 13.2 Å². The minimum Gasteiger partial charge on any atom is -0.371 e. The van der Waals surface area contributed by atoms with Crippen molar-refractivity contribution < 1.29 is 14.3 Å². The van der Waals surface area contributed by atoms with Gasteiger partial charge in [-0.25, -0.2) is 0 Å². The van der Waals surface area contributed by atoms with Gasteiger partial charge in [-0.2, -0.15) is 0 Å². The van der Waals surface area contributed by atoms with Crippen LogP contribution in [0.15, 0.2) is 23.8 Å². The molecule has 17 heavy (non-hydrogen) atoms. The summed E-state index contributed by atoms with van der Waals surface area (Å²) in [5, 5.41) is 0. The quantitative estimate of drug-likeness (QED) is 0.526. The monoisotopic (exact) mass is 233 g/mol. The molecule has 0 aromatic rings. The second-order valence-electron chi connectivity index (χ2n) is 5.21. The Kier molecular flexibility index (Phi) is 2.08. The van der Waals surface area contributed by atoms with Crippen molar-refractivity contribution in [3.63, 3.8) is 0 Å². The molecule has 4 heteroatoms. The van der Waals surface area contributed by atoms with Crippen LogP contribution in [0.25, 0.3) is 0 Å². The summed E-state index contributed by atoms with van der Waals surface area (Å²) in [6.07, 6.45) is 5.73. The number of nitrogens with zero attached hydrogens (tertiary/aromatic N) is 1. The van der Waals surface area contributed by atoms with Gasteiger partial charge in [0.2, 0.25) is 11.8 Å². The van der Waals surface area contributed by atoms with Crippen LogP contribution in [0, 0.1) is 11.3 Å². The third-order valence-corrected chi connectivity index (χ3v) is 3.79. The lowest BCUT2D eigenvalue weighted by molar-refractivity contribution is -0.140. The SMILES string of the molecule is CC1=CC2C(=O)N(CC3CO3)C(=O)C2(C)C=C1. The molecule has 4 nitrogen and oxygen atoms in total. The predicted octanol–water partition coefficient (Wildman–Crippen LogP) is 0.893. The summed E-state index contributed by atoms with van der Waals surface area (Å²) in [6, 6.07) is 0.